The molecule has 0 amide bonds. The second kappa shape index (κ2) is 7.07. The molecule has 0 aromatic carbocycles. The summed E-state index contributed by atoms with van der Waals surface area (Å²) in [6.07, 6.45) is 9.50. The predicted molar refractivity (Wildman–Crippen MR) is 71.3 cm³/mol. The summed E-state index contributed by atoms with van der Waals surface area (Å²) in [5, 5.41) is 0. The van der Waals surface area contributed by atoms with Crippen LogP contribution < -0.4 is 0 Å². The molecule has 0 aliphatic heterocycles. The molecule has 2 nitrogen and oxygen atoms in total. The quantitative estimate of drug-likeness (QED) is 0.489. The van der Waals surface area contributed by atoms with Gasteiger partial charge in [0.2, 0.25) is 0 Å². The maximum atomic E-state index is 5.68. The van der Waals surface area contributed by atoms with Gasteiger partial charge in [0.15, 0.2) is 0 Å². The summed E-state index contributed by atoms with van der Waals surface area (Å²) in [4.78, 5) is 2.57. The minimum Gasteiger partial charge on any atom is -0.468 e. The SMILES string of the molecule is ClCCCCCCN(Cc1ccco1)C1CC1. The Morgan fingerprint density at radius 2 is 2.06 bits per heavy atom. The molecule has 0 unspecified atom stereocenters. The van der Waals surface area contributed by atoms with E-state index < -0.39 is 0 Å². The summed E-state index contributed by atoms with van der Waals surface area (Å²) in [5.74, 6) is 1.90. The molecule has 0 spiro atoms. The van der Waals surface area contributed by atoms with Crippen molar-refractivity contribution in [3.05, 3.63) is 24.2 Å². The normalized spacial score (nSPS) is 15.6. The average molecular weight is 256 g/mol. The number of unbranched alkanes of at least 4 members (excludes halogenated alkanes) is 3. The molecule has 1 aromatic rings. The Kier molecular flexibility index (Phi) is 5.40. The summed E-state index contributed by atoms with van der Waals surface area (Å²) in [6.45, 7) is 2.18. The van der Waals surface area contributed by atoms with Crippen LogP contribution in [0, 0.1) is 0 Å². The lowest BCUT2D eigenvalue weighted by Gasteiger charge is -2.20. The van der Waals surface area contributed by atoms with Crippen LogP contribution in [0.25, 0.3) is 0 Å². The summed E-state index contributed by atoms with van der Waals surface area (Å²) in [7, 11) is 0. The van der Waals surface area contributed by atoms with Gasteiger partial charge in [-0.1, -0.05) is 12.8 Å². The van der Waals surface area contributed by atoms with Crippen molar-refractivity contribution in [1.29, 1.82) is 0 Å². The number of hydrogen-bond donors (Lipinski definition) is 0. The van der Waals surface area contributed by atoms with Crippen molar-refractivity contribution in [3.63, 3.8) is 0 Å². The first-order valence-electron chi connectivity index (χ1n) is 6.72. The Morgan fingerprint density at radius 3 is 2.71 bits per heavy atom. The topological polar surface area (TPSA) is 16.4 Å². The van der Waals surface area contributed by atoms with Crippen LogP contribution in [0.3, 0.4) is 0 Å². The number of alkyl halides is 1. The Hall–Kier alpha value is -0.470. The van der Waals surface area contributed by atoms with Crippen LogP contribution in [0.4, 0.5) is 0 Å². The van der Waals surface area contributed by atoms with E-state index in [0.717, 1.165) is 30.6 Å². The second-order valence-corrected chi connectivity index (χ2v) is 5.26. The van der Waals surface area contributed by atoms with Gasteiger partial charge in [0.25, 0.3) is 0 Å². The molecule has 96 valence electrons. The van der Waals surface area contributed by atoms with Crippen molar-refractivity contribution in [1.82, 2.24) is 4.90 Å². The zero-order chi connectivity index (χ0) is 11.9. The summed E-state index contributed by atoms with van der Waals surface area (Å²) in [6, 6.07) is 4.86. The molecule has 1 fully saturated rings. The van der Waals surface area contributed by atoms with Crippen LogP contribution in [0.1, 0.15) is 44.3 Å². The van der Waals surface area contributed by atoms with Crippen molar-refractivity contribution >= 4 is 11.6 Å². The highest BCUT2D eigenvalue weighted by Gasteiger charge is 2.28. The zero-order valence-corrected chi connectivity index (χ0v) is 11.2. The molecule has 1 saturated carbocycles. The Labute approximate surface area is 109 Å². The standard InChI is InChI=1S/C14H22ClNO/c15-9-3-1-2-4-10-16(13-7-8-13)12-14-6-5-11-17-14/h5-6,11,13H,1-4,7-10,12H2. The molecule has 0 atom stereocenters. The third kappa shape index (κ3) is 4.72. The van der Waals surface area contributed by atoms with Gasteiger partial charge in [0.05, 0.1) is 12.8 Å². The van der Waals surface area contributed by atoms with Crippen LogP contribution in [-0.4, -0.2) is 23.4 Å². The molecule has 17 heavy (non-hydrogen) atoms. The molecular formula is C14H22ClNO. The summed E-state index contributed by atoms with van der Waals surface area (Å²) < 4.78 is 5.43. The highest BCUT2D eigenvalue weighted by atomic mass is 35.5. The lowest BCUT2D eigenvalue weighted by molar-refractivity contribution is 0.228. The fraction of sp³-hybridized carbons (Fsp3) is 0.714. The average Bonchev–Trinajstić information content (AvgIpc) is 3.06. The summed E-state index contributed by atoms with van der Waals surface area (Å²) >= 11 is 5.68. The molecule has 1 heterocycles. The van der Waals surface area contributed by atoms with Gasteiger partial charge in [-0.05, 0) is 44.4 Å². The Bertz CT molecular complexity index is 295. The van der Waals surface area contributed by atoms with Gasteiger partial charge in [-0.15, -0.1) is 11.6 Å². The highest BCUT2D eigenvalue weighted by molar-refractivity contribution is 6.17. The number of hydrogen-bond acceptors (Lipinski definition) is 2. The van der Waals surface area contributed by atoms with E-state index in [0.29, 0.717) is 0 Å². The first-order chi connectivity index (χ1) is 8.40. The molecule has 3 heteroatoms. The Balaban J connectivity index is 1.66. The monoisotopic (exact) mass is 255 g/mol. The first-order valence-corrected chi connectivity index (χ1v) is 7.26. The van der Waals surface area contributed by atoms with Crippen molar-refractivity contribution in [2.24, 2.45) is 0 Å². The molecule has 2 rings (SSSR count). The van der Waals surface area contributed by atoms with Crippen LogP contribution in [-0.2, 0) is 6.54 Å². The van der Waals surface area contributed by atoms with Crippen LogP contribution >= 0.6 is 11.6 Å². The molecule has 0 radical (unpaired) electrons. The number of nitrogens with zero attached hydrogens (tertiary/aromatic N) is 1. The van der Waals surface area contributed by atoms with Gasteiger partial charge in [-0.25, -0.2) is 0 Å². The minimum atomic E-state index is 0.804. The number of furan rings is 1. The van der Waals surface area contributed by atoms with Gasteiger partial charge < -0.3 is 4.42 Å². The third-order valence-electron chi connectivity index (χ3n) is 3.33. The van der Waals surface area contributed by atoms with Crippen LogP contribution in [0.2, 0.25) is 0 Å². The Morgan fingerprint density at radius 1 is 1.24 bits per heavy atom. The molecule has 1 aliphatic rings. The number of rotatable bonds is 9. The van der Waals surface area contributed by atoms with E-state index in [1.165, 1.54) is 38.6 Å². The maximum absolute atomic E-state index is 5.68. The molecule has 0 saturated heterocycles. The van der Waals surface area contributed by atoms with E-state index in [2.05, 4.69) is 11.0 Å². The van der Waals surface area contributed by atoms with Gasteiger partial charge in [-0.3, -0.25) is 4.90 Å². The first kappa shape index (κ1) is 13.0. The lowest BCUT2D eigenvalue weighted by Crippen LogP contribution is -2.26. The third-order valence-corrected chi connectivity index (χ3v) is 3.60. The van der Waals surface area contributed by atoms with Crippen molar-refractivity contribution in [3.8, 4) is 0 Å². The van der Waals surface area contributed by atoms with Gasteiger partial charge in [0.1, 0.15) is 5.76 Å². The molecular weight excluding hydrogens is 234 g/mol. The van der Waals surface area contributed by atoms with Gasteiger partial charge in [-0.2, -0.15) is 0 Å². The zero-order valence-electron chi connectivity index (χ0n) is 10.4. The second-order valence-electron chi connectivity index (χ2n) is 4.88. The maximum Gasteiger partial charge on any atom is 0.117 e. The molecule has 1 aromatic heterocycles. The molecule has 0 N–H and O–H groups in total. The smallest absolute Gasteiger partial charge is 0.117 e. The summed E-state index contributed by atoms with van der Waals surface area (Å²) in [5.41, 5.74) is 0. The van der Waals surface area contributed by atoms with Crippen molar-refractivity contribution in [2.45, 2.75) is 51.1 Å². The van der Waals surface area contributed by atoms with Crippen LogP contribution in [0.15, 0.2) is 22.8 Å². The van der Waals surface area contributed by atoms with Crippen molar-refractivity contribution in [2.75, 3.05) is 12.4 Å². The van der Waals surface area contributed by atoms with E-state index in [4.69, 9.17) is 16.0 Å². The number of halogens is 1. The molecule has 0 bridgehead atoms. The molecule has 1 aliphatic carbocycles. The van der Waals surface area contributed by atoms with E-state index in [1.54, 1.807) is 6.26 Å². The van der Waals surface area contributed by atoms with E-state index in [1.807, 2.05) is 6.07 Å². The fourth-order valence-electron chi connectivity index (χ4n) is 2.20. The highest BCUT2D eigenvalue weighted by Crippen LogP contribution is 2.28. The van der Waals surface area contributed by atoms with Gasteiger partial charge >= 0.3 is 0 Å². The largest absolute Gasteiger partial charge is 0.468 e. The van der Waals surface area contributed by atoms with E-state index in [9.17, 15) is 0 Å². The van der Waals surface area contributed by atoms with Crippen LogP contribution in [0.5, 0.6) is 0 Å². The van der Waals surface area contributed by atoms with E-state index >= 15 is 0 Å². The van der Waals surface area contributed by atoms with Gasteiger partial charge in [0, 0.05) is 11.9 Å². The fourth-order valence-corrected chi connectivity index (χ4v) is 2.39. The predicted octanol–water partition coefficient (Wildman–Crippen LogP) is 4.04. The minimum absolute atomic E-state index is 0.804. The van der Waals surface area contributed by atoms with E-state index in [-0.39, 0.29) is 0 Å². The van der Waals surface area contributed by atoms with Crippen molar-refractivity contribution < 1.29 is 4.42 Å². The lowest BCUT2D eigenvalue weighted by atomic mass is 10.2.